The maximum Gasteiger partial charge on any atom is 0.413 e. The van der Waals surface area contributed by atoms with E-state index in [1.54, 1.807) is 6.07 Å². The quantitative estimate of drug-likeness (QED) is 0.190. The molecule has 5 rings (SSSR count). The number of halogens is 3. The Labute approximate surface area is 272 Å². The number of nitrogens with zero attached hydrogens (tertiary/aromatic N) is 5. The number of carbonyl (C=O) groups is 1. The summed E-state index contributed by atoms with van der Waals surface area (Å²) in [6, 6.07) is 12.6. The molecular formula is C34H37ClF2N6O3. The number of piperazine rings is 1. The molecule has 242 valence electrons. The van der Waals surface area contributed by atoms with Crippen LogP contribution in [-0.2, 0) is 0 Å². The molecule has 2 N–H and O–H groups in total. The molecule has 1 fully saturated rings. The molecular weight excluding hydrogens is 614 g/mol. The van der Waals surface area contributed by atoms with Crippen molar-refractivity contribution in [3.05, 3.63) is 105 Å². The van der Waals surface area contributed by atoms with E-state index in [1.165, 1.54) is 42.6 Å². The second kappa shape index (κ2) is 14.4. The number of aryl methyl sites for hydroxylation is 3. The molecule has 1 atom stereocenters. The van der Waals surface area contributed by atoms with Gasteiger partial charge < -0.3 is 20.1 Å². The van der Waals surface area contributed by atoms with Crippen molar-refractivity contribution in [3.8, 4) is 5.75 Å². The molecule has 9 nitrogen and oxygen atoms in total. The van der Waals surface area contributed by atoms with Gasteiger partial charge in [-0.1, -0.05) is 29.3 Å². The lowest BCUT2D eigenvalue weighted by Gasteiger charge is -2.32. The van der Waals surface area contributed by atoms with Gasteiger partial charge in [0.1, 0.15) is 18.2 Å². The molecule has 1 unspecified atom stereocenters. The van der Waals surface area contributed by atoms with Crippen molar-refractivity contribution in [1.29, 1.82) is 0 Å². The van der Waals surface area contributed by atoms with Crippen LogP contribution in [0.1, 0.15) is 33.9 Å². The Morgan fingerprint density at radius 3 is 2.41 bits per heavy atom. The van der Waals surface area contributed by atoms with E-state index in [4.69, 9.17) is 16.3 Å². The lowest BCUT2D eigenvalue weighted by molar-refractivity contribution is 0.132. The van der Waals surface area contributed by atoms with Crippen LogP contribution in [0.25, 0.3) is 0 Å². The van der Waals surface area contributed by atoms with Crippen LogP contribution >= 0.6 is 11.6 Å². The number of hydrogen-bond donors (Lipinski definition) is 2. The molecule has 4 aromatic rings. The first-order valence-electron chi connectivity index (χ1n) is 15.0. The first-order chi connectivity index (χ1) is 22.0. The number of likely N-dealkylation sites (N-methyl/N-ethyl adjacent to an activating group) is 1. The standard InChI is InChI=1S/C34H37ClF2N6O3/c1-21-17-22(2)31(23(3)18-21)32(26-19-24(35)5-7-27(26)36)43(34(44)45)30-9-10-38-33(40-30)39-25-6-8-29(28(37)20-25)46-16-15-42-13-11-41(4)12-14-42/h5-10,17-20,32H,11-16H2,1-4H3,(H,44,45)(H,38,39,40). The number of amides is 1. The molecule has 3 aromatic carbocycles. The molecule has 1 saturated heterocycles. The zero-order valence-corrected chi connectivity index (χ0v) is 27.0. The highest BCUT2D eigenvalue weighted by atomic mass is 35.5. The third kappa shape index (κ3) is 7.72. The molecule has 1 aromatic heterocycles. The van der Waals surface area contributed by atoms with Crippen LogP contribution in [0.5, 0.6) is 5.75 Å². The largest absolute Gasteiger partial charge is 0.489 e. The summed E-state index contributed by atoms with van der Waals surface area (Å²) in [6.45, 7) is 10.6. The van der Waals surface area contributed by atoms with E-state index >= 15 is 4.39 Å². The first kappa shape index (κ1) is 33.1. The summed E-state index contributed by atoms with van der Waals surface area (Å²) in [5, 5.41) is 13.7. The molecule has 0 spiro atoms. The summed E-state index contributed by atoms with van der Waals surface area (Å²) in [4.78, 5) is 27.2. The fourth-order valence-electron chi connectivity index (χ4n) is 5.84. The van der Waals surface area contributed by atoms with Crippen molar-refractivity contribution in [2.45, 2.75) is 26.8 Å². The summed E-state index contributed by atoms with van der Waals surface area (Å²) in [5.74, 6) is -1.04. The van der Waals surface area contributed by atoms with Crippen LogP contribution in [0.3, 0.4) is 0 Å². The fourth-order valence-corrected chi connectivity index (χ4v) is 6.02. The normalized spacial score (nSPS) is 14.6. The molecule has 46 heavy (non-hydrogen) atoms. The highest BCUT2D eigenvalue weighted by molar-refractivity contribution is 6.30. The van der Waals surface area contributed by atoms with Gasteiger partial charge in [0.25, 0.3) is 0 Å². The monoisotopic (exact) mass is 650 g/mol. The van der Waals surface area contributed by atoms with Gasteiger partial charge in [-0.3, -0.25) is 4.90 Å². The summed E-state index contributed by atoms with van der Waals surface area (Å²) < 4.78 is 36.1. The minimum absolute atomic E-state index is 0.0157. The van der Waals surface area contributed by atoms with Crippen LogP contribution in [0, 0.1) is 32.4 Å². The van der Waals surface area contributed by atoms with Crippen molar-refractivity contribution < 1.29 is 23.4 Å². The third-order valence-electron chi connectivity index (χ3n) is 8.07. The number of anilines is 3. The van der Waals surface area contributed by atoms with Crippen molar-refractivity contribution >= 4 is 35.1 Å². The minimum atomic E-state index is -1.36. The van der Waals surface area contributed by atoms with E-state index in [0.717, 1.165) is 47.8 Å². The van der Waals surface area contributed by atoms with Crippen LogP contribution < -0.4 is 15.0 Å². The van der Waals surface area contributed by atoms with E-state index in [1.807, 2.05) is 32.9 Å². The zero-order chi connectivity index (χ0) is 33.0. The molecule has 0 saturated carbocycles. The van der Waals surface area contributed by atoms with Crippen LogP contribution in [0.2, 0.25) is 5.02 Å². The van der Waals surface area contributed by atoms with E-state index in [-0.39, 0.29) is 28.1 Å². The van der Waals surface area contributed by atoms with Crippen LogP contribution in [-0.4, -0.2) is 77.3 Å². The minimum Gasteiger partial charge on any atom is -0.489 e. The van der Waals surface area contributed by atoms with E-state index in [9.17, 15) is 14.3 Å². The summed E-state index contributed by atoms with van der Waals surface area (Å²) in [7, 11) is 2.09. The Morgan fingerprint density at radius 1 is 1.02 bits per heavy atom. The second-order valence-corrected chi connectivity index (χ2v) is 12.0. The molecule has 0 radical (unpaired) electrons. The Morgan fingerprint density at radius 2 is 1.74 bits per heavy atom. The van der Waals surface area contributed by atoms with Gasteiger partial charge in [-0.25, -0.2) is 23.5 Å². The molecule has 1 aliphatic heterocycles. The van der Waals surface area contributed by atoms with E-state index < -0.39 is 23.8 Å². The first-order valence-corrected chi connectivity index (χ1v) is 15.4. The predicted molar refractivity (Wildman–Crippen MR) is 176 cm³/mol. The van der Waals surface area contributed by atoms with Gasteiger partial charge in [-0.2, -0.15) is 4.98 Å². The highest BCUT2D eigenvalue weighted by Gasteiger charge is 2.34. The van der Waals surface area contributed by atoms with Gasteiger partial charge in [-0.05, 0) is 80.9 Å². The summed E-state index contributed by atoms with van der Waals surface area (Å²) in [5.41, 5.74) is 3.56. The molecule has 0 bridgehead atoms. The van der Waals surface area contributed by atoms with E-state index in [2.05, 4.69) is 32.1 Å². The SMILES string of the molecule is Cc1cc(C)c(C(c2cc(Cl)ccc2F)N(C(=O)O)c2ccnc(Nc3ccc(OCCN4CCN(C)CC4)c(F)c3)n2)c(C)c1. The Hall–Kier alpha value is -4.32. The number of carboxylic acid groups (broad SMARTS) is 1. The molecule has 0 aliphatic carbocycles. The molecule has 12 heteroatoms. The third-order valence-corrected chi connectivity index (χ3v) is 8.30. The zero-order valence-electron chi connectivity index (χ0n) is 26.2. The number of aromatic nitrogens is 2. The second-order valence-electron chi connectivity index (χ2n) is 11.5. The smallest absolute Gasteiger partial charge is 0.413 e. The maximum absolute atomic E-state index is 15.4. The van der Waals surface area contributed by atoms with Crippen molar-refractivity contribution in [1.82, 2.24) is 19.8 Å². The topological polar surface area (TPSA) is 94.1 Å². The predicted octanol–water partition coefficient (Wildman–Crippen LogP) is 6.98. The number of ether oxygens (including phenoxy) is 1. The molecule has 2 heterocycles. The van der Waals surface area contributed by atoms with Gasteiger partial charge in [0.05, 0.1) is 6.04 Å². The summed E-state index contributed by atoms with van der Waals surface area (Å²) >= 11 is 6.28. The van der Waals surface area contributed by atoms with Gasteiger partial charge >= 0.3 is 6.09 Å². The summed E-state index contributed by atoms with van der Waals surface area (Å²) in [6.07, 6.45) is 0.0186. The number of nitrogens with one attached hydrogen (secondary N) is 1. The molecule has 1 amide bonds. The average Bonchev–Trinajstić information content (AvgIpc) is 2.99. The van der Waals surface area contributed by atoms with Gasteiger partial charge in [0, 0.05) is 61.3 Å². The highest BCUT2D eigenvalue weighted by Crippen LogP contribution is 2.39. The Kier molecular flexibility index (Phi) is 10.4. The Balaban J connectivity index is 1.41. The van der Waals surface area contributed by atoms with Crippen molar-refractivity contribution in [2.24, 2.45) is 0 Å². The van der Waals surface area contributed by atoms with E-state index in [0.29, 0.717) is 24.4 Å². The van der Waals surface area contributed by atoms with Gasteiger partial charge in [-0.15, -0.1) is 0 Å². The van der Waals surface area contributed by atoms with Crippen LogP contribution in [0.4, 0.5) is 31.0 Å². The van der Waals surface area contributed by atoms with Crippen LogP contribution in [0.15, 0.2) is 60.8 Å². The van der Waals surface area contributed by atoms with Gasteiger partial charge in [0.15, 0.2) is 11.6 Å². The average molecular weight is 651 g/mol. The number of hydrogen-bond acceptors (Lipinski definition) is 7. The fraction of sp³-hybridized carbons (Fsp3) is 0.324. The Bertz CT molecular complexity index is 1690. The number of benzene rings is 3. The van der Waals surface area contributed by atoms with Gasteiger partial charge in [0.2, 0.25) is 5.95 Å². The lowest BCUT2D eigenvalue weighted by Crippen LogP contribution is -2.45. The lowest BCUT2D eigenvalue weighted by atomic mass is 9.88. The van der Waals surface area contributed by atoms with Crippen molar-refractivity contribution in [2.75, 3.05) is 56.6 Å². The maximum atomic E-state index is 15.4. The molecule has 1 aliphatic rings. The van der Waals surface area contributed by atoms with Crippen molar-refractivity contribution in [3.63, 3.8) is 0 Å². The number of rotatable bonds is 10.